The van der Waals surface area contributed by atoms with Gasteiger partial charge in [-0.05, 0) is 30.5 Å². The Balaban J connectivity index is 2.02. The number of likely N-dealkylation sites (tertiary alicyclic amines) is 1. The summed E-state index contributed by atoms with van der Waals surface area (Å²) >= 11 is 0. The number of amides is 1. The molecule has 0 unspecified atom stereocenters. The summed E-state index contributed by atoms with van der Waals surface area (Å²) < 4.78 is 29.7. The van der Waals surface area contributed by atoms with Crippen LogP contribution in [-0.2, 0) is 14.8 Å². The van der Waals surface area contributed by atoms with E-state index in [1.165, 1.54) is 0 Å². The lowest BCUT2D eigenvalue weighted by Crippen LogP contribution is -2.34. The van der Waals surface area contributed by atoms with Gasteiger partial charge in [0.2, 0.25) is 15.9 Å². The fraction of sp³-hybridized carbons (Fsp3) is 0.533. The minimum absolute atomic E-state index is 0.0264. The quantitative estimate of drug-likeness (QED) is 0.855. The number of hydrogen-bond acceptors (Lipinski definition) is 4. The molecule has 1 fully saturated rings. The third kappa shape index (κ3) is 4.45. The Kier molecular flexibility index (Phi) is 5.42. The van der Waals surface area contributed by atoms with Crippen LogP contribution in [0.15, 0.2) is 24.3 Å². The van der Waals surface area contributed by atoms with Gasteiger partial charge in [-0.15, -0.1) is 0 Å². The number of sulfonamides is 1. The van der Waals surface area contributed by atoms with Gasteiger partial charge in [0.15, 0.2) is 0 Å². The van der Waals surface area contributed by atoms with Crippen LogP contribution in [-0.4, -0.2) is 45.7 Å². The van der Waals surface area contributed by atoms with Crippen LogP contribution in [0.2, 0.25) is 0 Å². The van der Waals surface area contributed by atoms with Gasteiger partial charge in [0.25, 0.3) is 0 Å². The zero-order valence-corrected chi connectivity index (χ0v) is 13.7. The van der Waals surface area contributed by atoms with Crippen LogP contribution in [0.4, 0.5) is 0 Å². The van der Waals surface area contributed by atoms with Crippen molar-refractivity contribution in [3.05, 3.63) is 29.8 Å². The van der Waals surface area contributed by atoms with E-state index in [1.807, 2.05) is 29.2 Å². The molecule has 1 heterocycles. The average molecular weight is 326 g/mol. The van der Waals surface area contributed by atoms with Gasteiger partial charge < -0.3 is 9.64 Å². The first-order chi connectivity index (χ1) is 10.4. The molecule has 0 aliphatic carbocycles. The molecule has 0 bridgehead atoms. The van der Waals surface area contributed by atoms with Crippen molar-refractivity contribution in [2.75, 3.05) is 26.5 Å². The molecular weight excluding hydrogens is 304 g/mol. The fourth-order valence-electron chi connectivity index (χ4n) is 2.75. The monoisotopic (exact) mass is 326 g/mol. The van der Waals surface area contributed by atoms with E-state index in [2.05, 4.69) is 4.72 Å². The first-order valence-electron chi connectivity index (χ1n) is 7.29. The number of nitrogens with one attached hydrogen (secondary N) is 1. The Morgan fingerprint density at radius 2 is 2.23 bits per heavy atom. The van der Waals surface area contributed by atoms with Crippen molar-refractivity contribution in [1.29, 1.82) is 0 Å². The van der Waals surface area contributed by atoms with Gasteiger partial charge in [-0.25, -0.2) is 13.1 Å². The lowest BCUT2D eigenvalue weighted by atomic mass is 10.0. The van der Waals surface area contributed by atoms with Crippen molar-refractivity contribution in [1.82, 2.24) is 9.62 Å². The van der Waals surface area contributed by atoms with Gasteiger partial charge in [0.1, 0.15) is 5.75 Å². The summed E-state index contributed by atoms with van der Waals surface area (Å²) in [5.74, 6) is 0.747. The van der Waals surface area contributed by atoms with Crippen LogP contribution >= 0.6 is 0 Å². The van der Waals surface area contributed by atoms with Crippen molar-refractivity contribution < 1.29 is 17.9 Å². The lowest BCUT2D eigenvalue weighted by molar-refractivity contribution is -0.131. The standard InChI is InChI=1S/C15H22N2O4S/c1-21-13-6-3-5-12(11-13)14-7-4-10-17(14)15(18)8-9-16-22(2,19)20/h3,5-6,11,14,16H,4,7-10H2,1-2H3/t14-/m0/s1. The maximum Gasteiger partial charge on any atom is 0.224 e. The van der Waals surface area contributed by atoms with E-state index in [1.54, 1.807) is 7.11 Å². The van der Waals surface area contributed by atoms with Crippen LogP contribution in [0.3, 0.4) is 0 Å². The first kappa shape index (κ1) is 16.8. The number of benzene rings is 1. The van der Waals surface area contributed by atoms with Crippen LogP contribution in [0, 0.1) is 0 Å². The molecule has 1 aliphatic rings. The zero-order valence-electron chi connectivity index (χ0n) is 12.9. The number of nitrogens with zero attached hydrogens (tertiary/aromatic N) is 1. The number of hydrogen-bond donors (Lipinski definition) is 1. The lowest BCUT2D eigenvalue weighted by Gasteiger charge is -2.25. The first-order valence-corrected chi connectivity index (χ1v) is 9.18. The summed E-state index contributed by atoms with van der Waals surface area (Å²) in [6.07, 6.45) is 3.13. The average Bonchev–Trinajstić information content (AvgIpc) is 2.95. The third-order valence-electron chi connectivity index (χ3n) is 3.75. The largest absolute Gasteiger partial charge is 0.497 e. The van der Waals surface area contributed by atoms with Crippen molar-refractivity contribution in [3.8, 4) is 5.75 Å². The van der Waals surface area contributed by atoms with Gasteiger partial charge in [-0.3, -0.25) is 4.79 Å². The van der Waals surface area contributed by atoms with Crippen molar-refractivity contribution in [2.24, 2.45) is 0 Å². The highest BCUT2D eigenvalue weighted by atomic mass is 32.2. The van der Waals surface area contributed by atoms with E-state index in [-0.39, 0.29) is 24.9 Å². The number of ether oxygens (including phenoxy) is 1. The van der Waals surface area contributed by atoms with Crippen LogP contribution in [0.1, 0.15) is 30.9 Å². The van der Waals surface area contributed by atoms with Crippen molar-refractivity contribution in [3.63, 3.8) is 0 Å². The zero-order chi connectivity index (χ0) is 16.2. The second kappa shape index (κ2) is 7.11. The Morgan fingerprint density at radius 3 is 2.91 bits per heavy atom. The Labute approximate surface area is 131 Å². The van der Waals surface area contributed by atoms with Gasteiger partial charge in [0, 0.05) is 19.5 Å². The maximum absolute atomic E-state index is 12.3. The van der Waals surface area contributed by atoms with Crippen LogP contribution in [0.25, 0.3) is 0 Å². The SMILES string of the molecule is COc1cccc([C@@H]2CCCN2C(=O)CCNS(C)(=O)=O)c1. The fourth-order valence-corrected chi connectivity index (χ4v) is 3.22. The molecule has 122 valence electrons. The smallest absolute Gasteiger partial charge is 0.224 e. The molecule has 0 radical (unpaired) electrons. The predicted molar refractivity (Wildman–Crippen MR) is 84.1 cm³/mol. The summed E-state index contributed by atoms with van der Waals surface area (Å²) in [6.45, 7) is 0.846. The summed E-state index contributed by atoms with van der Waals surface area (Å²) in [5, 5.41) is 0. The molecule has 0 saturated carbocycles. The Morgan fingerprint density at radius 1 is 1.45 bits per heavy atom. The maximum atomic E-state index is 12.3. The van der Waals surface area contributed by atoms with Crippen LogP contribution < -0.4 is 9.46 Å². The second-order valence-electron chi connectivity index (χ2n) is 5.44. The predicted octanol–water partition coefficient (Wildman–Crippen LogP) is 1.30. The molecule has 1 N–H and O–H groups in total. The summed E-state index contributed by atoms with van der Waals surface area (Å²) in [6, 6.07) is 7.78. The number of carbonyl (C=O) groups excluding carboxylic acids is 1. The van der Waals surface area contributed by atoms with E-state index in [0.29, 0.717) is 6.54 Å². The summed E-state index contributed by atoms with van der Waals surface area (Å²) in [7, 11) is -1.64. The molecule has 1 aromatic rings. The molecule has 6 nitrogen and oxygen atoms in total. The Hall–Kier alpha value is -1.60. The van der Waals surface area contributed by atoms with Gasteiger partial charge >= 0.3 is 0 Å². The van der Waals surface area contributed by atoms with Crippen LogP contribution in [0.5, 0.6) is 5.75 Å². The molecule has 1 aromatic carbocycles. The highest BCUT2D eigenvalue weighted by Crippen LogP contribution is 2.33. The second-order valence-corrected chi connectivity index (χ2v) is 7.27. The molecule has 1 aliphatic heterocycles. The van der Waals surface area contributed by atoms with E-state index in [0.717, 1.165) is 30.4 Å². The molecule has 2 rings (SSSR count). The highest BCUT2D eigenvalue weighted by Gasteiger charge is 2.29. The van der Waals surface area contributed by atoms with Gasteiger partial charge in [0.05, 0.1) is 19.4 Å². The van der Waals surface area contributed by atoms with E-state index in [9.17, 15) is 13.2 Å². The molecule has 1 amide bonds. The topological polar surface area (TPSA) is 75.7 Å². The number of rotatable bonds is 6. The summed E-state index contributed by atoms with van der Waals surface area (Å²) in [5.41, 5.74) is 1.06. The summed E-state index contributed by atoms with van der Waals surface area (Å²) in [4.78, 5) is 14.2. The van der Waals surface area contributed by atoms with Gasteiger partial charge in [-0.2, -0.15) is 0 Å². The minimum Gasteiger partial charge on any atom is -0.497 e. The van der Waals surface area contributed by atoms with E-state index >= 15 is 0 Å². The highest BCUT2D eigenvalue weighted by molar-refractivity contribution is 7.88. The minimum atomic E-state index is -3.26. The van der Waals surface area contributed by atoms with Crippen molar-refractivity contribution in [2.45, 2.75) is 25.3 Å². The normalized spacial score (nSPS) is 18.5. The molecule has 7 heteroatoms. The molecule has 22 heavy (non-hydrogen) atoms. The molecule has 0 aromatic heterocycles. The molecular formula is C15H22N2O4S. The van der Waals surface area contributed by atoms with Crippen molar-refractivity contribution >= 4 is 15.9 Å². The third-order valence-corrected chi connectivity index (χ3v) is 4.48. The molecule has 0 spiro atoms. The van der Waals surface area contributed by atoms with E-state index < -0.39 is 10.0 Å². The molecule has 1 atom stereocenters. The number of methoxy groups -OCH3 is 1. The molecule has 1 saturated heterocycles. The Bertz CT molecular complexity index is 630. The van der Waals surface area contributed by atoms with E-state index in [4.69, 9.17) is 4.74 Å². The van der Waals surface area contributed by atoms with Gasteiger partial charge in [-0.1, -0.05) is 12.1 Å². The number of carbonyl (C=O) groups is 1.